The first-order chi connectivity index (χ1) is 12.3. The van der Waals surface area contributed by atoms with Gasteiger partial charge in [0.1, 0.15) is 0 Å². The minimum atomic E-state index is 0.300. The lowest BCUT2D eigenvalue weighted by Gasteiger charge is -2.34. The van der Waals surface area contributed by atoms with Gasteiger partial charge in [0.15, 0.2) is 5.82 Å². The third-order valence-corrected chi connectivity index (χ3v) is 4.88. The van der Waals surface area contributed by atoms with Crippen molar-refractivity contribution in [3.05, 3.63) is 30.1 Å². The van der Waals surface area contributed by atoms with E-state index in [-0.39, 0.29) is 0 Å². The monoisotopic (exact) mass is 344 g/mol. The van der Waals surface area contributed by atoms with Crippen LogP contribution in [0.5, 0.6) is 0 Å². The normalized spacial score (nSPS) is 15.5. The predicted molar refractivity (Wildman–Crippen MR) is 98.5 cm³/mol. The van der Waals surface area contributed by atoms with E-state index in [0.29, 0.717) is 19.1 Å². The van der Waals surface area contributed by atoms with Crippen LogP contribution in [0.1, 0.15) is 38.4 Å². The van der Waals surface area contributed by atoms with Crippen molar-refractivity contribution in [1.29, 1.82) is 0 Å². The van der Waals surface area contributed by atoms with Gasteiger partial charge in [-0.05, 0) is 47.7 Å². The highest BCUT2D eigenvalue weighted by Gasteiger charge is 2.20. The summed E-state index contributed by atoms with van der Waals surface area (Å²) in [7, 11) is 0. The molecule has 1 aliphatic heterocycles. The maximum atomic E-state index is 9.33. The number of hydrogen-bond donors (Lipinski definition) is 2. The van der Waals surface area contributed by atoms with E-state index < -0.39 is 0 Å². The van der Waals surface area contributed by atoms with Gasteiger partial charge >= 0.3 is 0 Å². The highest BCUT2D eigenvalue weighted by atomic mass is 16.3. The summed E-state index contributed by atoms with van der Waals surface area (Å²) < 4.78 is 1.88. The van der Waals surface area contributed by atoms with Crippen molar-refractivity contribution in [3.8, 4) is 0 Å². The number of tetrazole rings is 1. The number of piperidine rings is 1. The largest absolute Gasteiger partial charge is 0.396 e. The number of unbranched alkanes of at least 4 members (excludes halogenated alkanes) is 1. The first-order valence-corrected chi connectivity index (χ1v) is 9.25. The molecule has 2 heterocycles. The van der Waals surface area contributed by atoms with Gasteiger partial charge in [0.05, 0.1) is 17.9 Å². The number of aliphatic hydroxyl groups is 1. The van der Waals surface area contributed by atoms with E-state index >= 15 is 0 Å². The van der Waals surface area contributed by atoms with Gasteiger partial charge in [-0.1, -0.05) is 25.5 Å². The maximum Gasteiger partial charge on any atom is 0.170 e. The van der Waals surface area contributed by atoms with Crippen LogP contribution in [0, 0.1) is 5.92 Å². The molecule has 136 valence electrons. The summed E-state index contributed by atoms with van der Waals surface area (Å²) in [6.45, 7) is 5.90. The van der Waals surface area contributed by atoms with Crippen molar-refractivity contribution in [2.75, 3.05) is 29.9 Å². The molecular weight excluding hydrogens is 316 g/mol. The second-order valence-electron chi connectivity index (χ2n) is 6.66. The molecule has 0 bridgehead atoms. The van der Waals surface area contributed by atoms with E-state index in [2.05, 4.69) is 50.9 Å². The SMILES string of the molecule is CCCCn1nnnc1CNc1ccccc1N1CCC(CO)CC1. The van der Waals surface area contributed by atoms with Crippen molar-refractivity contribution >= 4 is 11.4 Å². The molecule has 0 unspecified atom stereocenters. The lowest BCUT2D eigenvalue weighted by Crippen LogP contribution is -2.35. The molecule has 0 saturated carbocycles. The van der Waals surface area contributed by atoms with E-state index in [1.54, 1.807) is 0 Å². The van der Waals surface area contributed by atoms with Crippen molar-refractivity contribution in [3.63, 3.8) is 0 Å². The molecule has 2 aromatic rings. The highest BCUT2D eigenvalue weighted by Crippen LogP contribution is 2.29. The molecule has 1 aromatic heterocycles. The maximum absolute atomic E-state index is 9.33. The molecule has 25 heavy (non-hydrogen) atoms. The van der Waals surface area contributed by atoms with Gasteiger partial charge in [0, 0.05) is 26.2 Å². The number of aryl methyl sites for hydroxylation is 1. The van der Waals surface area contributed by atoms with Crippen LogP contribution >= 0.6 is 0 Å². The fraction of sp³-hybridized carbons (Fsp3) is 0.611. The topological polar surface area (TPSA) is 79.1 Å². The second-order valence-corrected chi connectivity index (χ2v) is 6.66. The summed E-state index contributed by atoms with van der Waals surface area (Å²) >= 11 is 0. The summed E-state index contributed by atoms with van der Waals surface area (Å²) in [5.74, 6) is 1.31. The van der Waals surface area contributed by atoms with Crippen LogP contribution in [0.2, 0.25) is 0 Å². The second kappa shape index (κ2) is 8.80. The number of benzene rings is 1. The molecule has 0 atom stereocenters. The number of aliphatic hydroxyl groups excluding tert-OH is 1. The molecule has 3 rings (SSSR count). The van der Waals surface area contributed by atoms with E-state index in [1.165, 1.54) is 5.69 Å². The van der Waals surface area contributed by atoms with Crippen molar-refractivity contribution in [2.45, 2.75) is 45.7 Å². The molecule has 2 N–H and O–H groups in total. The number of nitrogens with one attached hydrogen (secondary N) is 1. The predicted octanol–water partition coefficient (Wildman–Crippen LogP) is 2.29. The van der Waals surface area contributed by atoms with Crippen molar-refractivity contribution < 1.29 is 5.11 Å². The Morgan fingerprint density at radius 3 is 2.80 bits per heavy atom. The lowest BCUT2D eigenvalue weighted by molar-refractivity contribution is 0.203. The molecule has 7 nitrogen and oxygen atoms in total. The van der Waals surface area contributed by atoms with Gasteiger partial charge in [0.2, 0.25) is 0 Å². The first kappa shape index (κ1) is 17.7. The van der Waals surface area contributed by atoms with Crippen LogP contribution in [0.25, 0.3) is 0 Å². The Hall–Kier alpha value is -2.15. The van der Waals surface area contributed by atoms with E-state index in [4.69, 9.17) is 0 Å². The Balaban J connectivity index is 1.65. The van der Waals surface area contributed by atoms with Gasteiger partial charge < -0.3 is 15.3 Å². The number of aromatic nitrogens is 4. The molecule has 7 heteroatoms. The molecule has 0 spiro atoms. The summed E-state index contributed by atoms with van der Waals surface area (Å²) in [6, 6.07) is 8.38. The summed E-state index contributed by atoms with van der Waals surface area (Å²) in [5.41, 5.74) is 2.32. The number of anilines is 2. The zero-order chi connectivity index (χ0) is 17.5. The summed E-state index contributed by atoms with van der Waals surface area (Å²) in [4.78, 5) is 2.40. The molecule has 0 amide bonds. The van der Waals surface area contributed by atoms with Crippen LogP contribution in [0.4, 0.5) is 11.4 Å². The lowest BCUT2D eigenvalue weighted by atomic mass is 9.97. The molecule has 0 radical (unpaired) electrons. The zero-order valence-corrected chi connectivity index (χ0v) is 14.9. The molecule has 1 fully saturated rings. The van der Waals surface area contributed by atoms with Crippen LogP contribution < -0.4 is 10.2 Å². The Morgan fingerprint density at radius 1 is 1.24 bits per heavy atom. The van der Waals surface area contributed by atoms with E-state index in [1.807, 2.05) is 10.7 Å². The average Bonchev–Trinajstić information content (AvgIpc) is 3.12. The standard InChI is InChI=1S/C18H28N6O/c1-2-3-10-24-18(20-21-22-24)13-19-16-6-4-5-7-17(16)23-11-8-15(14-25)9-12-23/h4-7,15,19,25H,2-3,8-14H2,1H3. The molecular formula is C18H28N6O. The smallest absolute Gasteiger partial charge is 0.170 e. The number of rotatable bonds is 8. The minimum Gasteiger partial charge on any atom is -0.396 e. The number of hydrogen-bond acceptors (Lipinski definition) is 6. The van der Waals surface area contributed by atoms with Crippen LogP contribution in [0.3, 0.4) is 0 Å². The van der Waals surface area contributed by atoms with Gasteiger partial charge in [-0.3, -0.25) is 0 Å². The first-order valence-electron chi connectivity index (χ1n) is 9.25. The molecule has 1 aromatic carbocycles. The van der Waals surface area contributed by atoms with E-state index in [9.17, 15) is 5.11 Å². The highest BCUT2D eigenvalue weighted by molar-refractivity contribution is 5.70. The van der Waals surface area contributed by atoms with Crippen molar-refractivity contribution in [1.82, 2.24) is 20.2 Å². The number of para-hydroxylation sites is 2. The Bertz CT molecular complexity index is 651. The van der Waals surface area contributed by atoms with Crippen LogP contribution in [0.15, 0.2) is 24.3 Å². The van der Waals surface area contributed by atoms with Crippen LogP contribution in [-0.4, -0.2) is 45.0 Å². The Labute approximate surface area is 149 Å². The molecule has 1 saturated heterocycles. The zero-order valence-electron chi connectivity index (χ0n) is 14.9. The van der Waals surface area contributed by atoms with Crippen molar-refractivity contribution in [2.24, 2.45) is 5.92 Å². The van der Waals surface area contributed by atoms with E-state index in [0.717, 1.165) is 56.8 Å². The Kier molecular flexibility index (Phi) is 6.22. The summed E-state index contributed by atoms with van der Waals surface area (Å²) in [5, 5.41) is 24.9. The van der Waals surface area contributed by atoms with Gasteiger partial charge in [-0.2, -0.15) is 0 Å². The average molecular weight is 344 g/mol. The third kappa shape index (κ3) is 4.48. The van der Waals surface area contributed by atoms with Crippen LogP contribution in [-0.2, 0) is 13.1 Å². The van der Waals surface area contributed by atoms with Gasteiger partial charge in [-0.25, -0.2) is 4.68 Å². The quantitative estimate of drug-likeness (QED) is 0.765. The molecule has 1 aliphatic rings. The third-order valence-electron chi connectivity index (χ3n) is 4.88. The fourth-order valence-corrected chi connectivity index (χ4v) is 3.26. The number of nitrogens with zero attached hydrogens (tertiary/aromatic N) is 5. The molecule has 0 aliphatic carbocycles. The van der Waals surface area contributed by atoms with Gasteiger partial charge in [0.25, 0.3) is 0 Å². The van der Waals surface area contributed by atoms with Gasteiger partial charge in [-0.15, -0.1) is 5.10 Å². The fourth-order valence-electron chi connectivity index (χ4n) is 3.26. The Morgan fingerprint density at radius 2 is 2.04 bits per heavy atom. The summed E-state index contributed by atoms with van der Waals surface area (Å²) in [6.07, 6.45) is 4.29. The minimum absolute atomic E-state index is 0.300.